The molecule has 1 heterocycles. The van der Waals surface area contributed by atoms with Gasteiger partial charge in [0.1, 0.15) is 5.82 Å². The molecule has 1 aliphatic rings. The summed E-state index contributed by atoms with van der Waals surface area (Å²) < 4.78 is 46.2. The molecule has 1 aliphatic heterocycles. The topological polar surface area (TPSA) is 72.5 Å². The Bertz CT molecular complexity index is 922. The van der Waals surface area contributed by atoms with Gasteiger partial charge in [0.05, 0.1) is 11.5 Å². The van der Waals surface area contributed by atoms with Crippen LogP contribution in [0.4, 0.5) is 4.39 Å². The first-order valence-corrected chi connectivity index (χ1v) is 9.27. The van der Waals surface area contributed by atoms with Gasteiger partial charge < -0.3 is 4.74 Å². The van der Waals surface area contributed by atoms with E-state index in [1.54, 1.807) is 19.1 Å². The van der Waals surface area contributed by atoms with Crippen molar-refractivity contribution in [1.29, 1.82) is 0 Å². The predicted octanol–water partition coefficient (Wildman–Crippen LogP) is 2.43. The lowest BCUT2D eigenvalue weighted by molar-refractivity contribution is -0.146. The summed E-state index contributed by atoms with van der Waals surface area (Å²) in [5.41, 5.74) is 0.581. The van der Waals surface area contributed by atoms with Gasteiger partial charge in [-0.15, -0.1) is 0 Å². The van der Waals surface area contributed by atoms with Crippen molar-refractivity contribution >= 4 is 15.9 Å². The van der Waals surface area contributed by atoms with Crippen LogP contribution in [0.3, 0.4) is 0 Å². The maximum absolute atomic E-state index is 13.5. The Morgan fingerprint density at radius 3 is 2.68 bits per heavy atom. The maximum atomic E-state index is 13.5. The number of ether oxygens (including phenoxy) is 1. The lowest BCUT2D eigenvalue weighted by Crippen LogP contribution is -2.48. The van der Waals surface area contributed by atoms with Crippen LogP contribution in [0, 0.1) is 12.7 Å². The number of rotatable bonds is 3. The van der Waals surface area contributed by atoms with E-state index in [-0.39, 0.29) is 4.90 Å². The average molecular weight is 363 g/mol. The Kier molecular flexibility index (Phi) is 4.38. The summed E-state index contributed by atoms with van der Waals surface area (Å²) in [7, 11) is -4.21. The standard InChI is InChI=1S/C18H18FNO4S/c1-12-9-14(19)11-15(10-12)25(22,23)20-17(21)18(2)16-6-4-3-5-13(16)7-8-24-18/h3-6,9-11H,7-8H2,1-2H3,(H,20,21). The Morgan fingerprint density at radius 2 is 1.96 bits per heavy atom. The van der Waals surface area contributed by atoms with E-state index in [4.69, 9.17) is 4.74 Å². The molecule has 0 saturated heterocycles. The molecule has 0 fully saturated rings. The van der Waals surface area contributed by atoms with Gasteiger partial charge in [-0.1, -0.05) is 24.3 Å². The van der Waals surface area contributed by atoms with E-state index in [9.17, 15) is 17.6 Å². The highest BCUT2D eigenvalue weighted by Crippen LogP contribution is 2.33. The largest absolute Gasteiger partial charge is 0.360 e. The van der Waals surface area contributed by atoms with Crippen molar-refractivity contribution in [3.05, 3.63) is 65.0 Å². The molecule has 0 spiro atoms. The molecule has 0 aliphatic carbocycles. The average Bonchev–Trinajstić information content (AvgIpc) is 2.54. The van der Waals surface area contributed by atoms with Crippen molar-refractivity contribution in [2.45, 2.75) is 30.8 Å². The number of sulfonamides is 1. The number of fused-ring (bicyclic) bond motifs is 1. The molecule has 5 nitrogen and oxygen atoms in total. The van der Waals surface area contributed by atoms with Gasteiger partial charge in [-0.25, -0.2) is 17.5 Å². The zero-order valence-electron chi connectivity index (χ0n) is 13.9. The molecule has 1 amide bonds. The molecule has 0 bridgehead atoms. The van der Waals surface area contributed by atoms with Crippen molar-refractivity contribution in [2.24, 2.45) is 0 Å². The number of halogens is 1. The first kappa shape index (κ1) is 17.6. The molecule has 1 atom stereocenters. The summed E-state index contributed by atoms with van der Waals surface area (Å²) in [5.74, 6) is -1.49. The van der Waals surface area contributed by atoms with E-state index in [0.717, 1.165) is 11.6 Å². The predicted molar refractivity (Wildman–Crippen MR) is 89.9 cm³/mol. The third kappa shape index (κ3) is 3.29. The van der Waals surface area contributed by atoms with Gasteiger partial charge in [0, 0.05) is 0 Å². The third-order valence-corrected chi connectivity index (χ3v) is 5.59. The molecule has 7 heteroatoms. The number of benzene rings is 2. The highest BCUT2D eigenvalue weighted by atomic mass is 32.2. The van der Waals surface area contributed by atoms with Crippen LogP contribution in [0.1, 0.15) is 23.6 Å². The van der Waals surface area contributed by atoms with E-state index in [1.165, 1.54) is 19.1 Å². The monoisotopic (exact) mass is 363 g/mol. The fraction of sp³-hybridized carbons (Fsp3) is 0.278. The van der Waals surface area contributed by atoms with E-state index in [1.807, 2.05) is 16.9 Å². The number of amides is 1. The number of carbonyl (C=O) groups excluding carboxylic acids is 1. The van der Waals surface area contributed by atoms with Gasteiger partial charge in [-0.2, -0.15) is 0 Å². The summed E-state index contributed by atoms with van der Waals surface area (Å²) in [5, 5.41) is 0. The molecule has 1 N–H and O–H groups in total. The van der Waals surface area contributed by atoms with Crippen LogP contribution in [-0.2, 0) is 31.6 Å². The second-order valence-corrected chi connectivity index (χ2v) is 7.87. The van der Waals surface area contributed by atoms with E-state index in [0.29, 0.717) is 24.2 Å². The van der Waals surface area contributed by atoms with Crippen LogP contribution in [-0.4, -0.2) is 20.9 Å². The van der Waals surface area contributed by atoms with Crippen molar-refractivity contribution in [2.75, 3.05) is 6.61 Å². The van der Waals surface area contributed by atoms with Gasteiger partial charge >= 0.3 is 0 Å². The summed E-state index contributed by atoms with van der Waals surface area (Å²) in [4.78, 5) is 12.4. The molecule has 25 heavy (non-hydrogen) atoms. The summed E-state index contributed by atoms with van der Waals surface area (Å²) in [6.07, 6.45) is 0.648. The Hall–Kier alpha value is -2.25. The van der Waals surface area contributed by atoms with Crippen molar-refractivity contribution in [3.8, 4) is 0 Å². The van der Waals surface area contributed by atoms with Crippen LogP contribution >= 0.6 is 0 Å². The molecule has 0 radical (unpaired) electrons. The molecule has 3 rings (SSSR count). The van der Waals surface area contributed by atoms with Gasteiger partial charge in [0.25, 0.3) is 15.9 Å². The van der Waals surface area contributed by atoms with Crippen LogP contribution in [0.2, 0.25) is 0 Å². The van der Waals surface area contributed by atoms with Gasteiger partial charge in [-0.3, -0.25) is 4.79 Å². The van der Waals surface area contributed by atoms with Crippen molar-refractivity contribution < 1.29 is 22.3 Å². The number of carbonyl (C=O) groups is 1. The molecule has 132 valence electrons. The van der Waals surface area contributed by atoms with E-state index in [2.05, 4.69) is 0 Å². The normalized spacial score (nSPS) is 20.0. The fourth-order valence-electron chi connectivity index (χ4n) is 2.97. The van der Waals surface area contributed by atoms with E-state index < -0.39 is 27.3 Å². The highest BCUT2D eigenvalue weighted by molar-refractivity contribution is 7.90. The molecule has 0 aromatic heterocycles. The zero-order chi connectivity index (χ0) is 18.2. The van der Waals surface area contributed by atoms with Crippen molar-refractivity contribution in [3.63, 3.8) is 0 Å². The van der Waals surface area contributed by atoms with Crippen LogP contribution in [0.15, 0.2) is 47.4 Å². The Labute approximate surface area is 145 Å². The van der Waals surface area contributed by atoms with Gasteiger partial charge in [0.15, 0.2) is 5.60 Å². The van der Waals surface area contributed by atoms with Crippen LogP contribution < -0.4 is 4.72 Å². The lowest BCUT2D eigenvalue weighted by atomic mass is 9.87. The molecule has 2 aromatic carbocycles. The fourth-order valence-corrected chi connectivity index (χ4v) is 4.14. The number of nitrogens with one attached hydrogen (secondary N) is 1. The molecule has 1 unspecified atom stereocenters. The minimum Gasteiger partial charge on any atom is -0.360 e. The number of hydrogen-bond acceptors (Lipinski definition) is 4. The molecule has 2 aromatic rings. The van der Waals surface area contributed by atoms with Gasteiger partial charge in [0.2, 0.25) is 0 Å². The first-order chi connectivity index (χ1) is 11.7. The zero-order valence-corrected chi connectivity index (χ0v) is 14.7. The smallest absolute Gasteiger partial charge is 0.270 e. The van der Waals surface area contributed by atoms with Gasteiger partial charge in [-0.05, 0) is 55.2 Å². The summed E-state index contributed by atoms with van der Waals surface area (Å²) in [6.45, 7) is 3.42. The van der Waals surface area contributed by atoms with Crippen LogP contribution in [0.5, 0.6) is 0 Å². The second kappa shape index (κ2) is 6.24. The lowest BCUT2D eigenvalue weighted by Gasteiger charge is -2.34. The highest BCUT2D eigenvalue weighted by Gasteiger charge is 2.42. The Balaban J connectivity index is 1.94. The van der Waals surface area contributed by atoms with Crippen LogP contribution in [0.25, 0.3) is 0 Å². The first-order valence-electron chi connectivity index (χ1n) is 7.79. The number of aryl methyl sites for hydroxylation is 1. The van der Waals surface area contributed by atoms with E-state index >= 15 is 0 Å². The molecular formula is C18H18FNO4S. The number of hydrogen-bond donors (Lipinski definition) is 1. The Morgan fingerprint density at radius 1 is 1.24 bits per heavy atom. The minimum absolute atomic E-state index is 0.300. The van der Waals surface area contributed by atoms with Crippen molar-refractivity contribution in [1.82, 2.24) is 4.72 Å². The third-order valence-electron chi connectivity index (χ3n) is 4.28. The second-order valence-electron chi connectivity index (χ2n) is 6.19. The maximum Gasteiger partial charge on any atom is 0.270 e. The SMILES string of the molecule is Cc1cc(F)cc(S(=O)(=O)NC(=O)C2(C)OCCc3ccccc32)c1. The summed E-state index contributed by atoms with van der Waals surface area (Å²) >= 11 is 0. The summed E-state index contributed by atoms with van der Waals surface area (Å²) in [6, 6.07) is 10.6. The quantitative estimate of drug-likeness (QED) is 0.909. The molecule has 0 saturated carbocycles. The molecular weight excluding hydrogens is 345 g/mol. The minimum atomic E-state index is -4.21.